The second-order valence-corrected chi connectivity index (χ2v) is 5.09. The minimum atomic E-state index is -0.105. The Kier molecular flexibility index (Phi) is 4.29. The zero-order valence-corrected chi connectivity index (χ0v) is 9.55. The molecule has 2 aliphatic rings. The largest absolute Gasteiger partial charge is 0.464 e. The van der Waals surface area contributed by atoms with E-state index < -0.39 is 0 Å². The van der Waals surface area contributed by atoms with Crippen molar-refractivity contribution >= 4 is 17.7 Å². The first-order valence-corrected chi connectivity index (χ1v) is 6.57. The van der Waals surface area contributed by atoms with Gasteiger partial charge in [0.05, 0.1) is 13.2 Å². The monoisotopic (exact) mass is 231 g/mol. The summed E-state index contributed by atoms with van der Waals surface area (Å²) in [5.74, 6) is 2.22. The Morgan fingerprint density at radius 2 is 2.53 bits per heavy atom. The lowest BCUT2D eigenvalue weighted by atomic mass is 10.1. The molecule has 0 aromatic rings. The van der Waals surface area contributed by atoms with Crippen molar-refractivity contribution < 1.29 is 14.3 Å². The number of nitrogens with one attached hydrogen (secondary N) is 1. The molecule has 2 rings (SSSR count). The Hall–Kier alpha value is -0.260. The third-order valence-corrected chi connectivity index (χ3v) is 3.75. The summed E-state index contributed by atoms with van der Waals surface area (Å²) < 4.78 is 10.5. The normalized spacial score (nSPS) is 31.5. The van der Waals surface area contributed by atoms with Gasteiger partial charge in [0, 0.05) is 30.6 Å². The molecule has 4 nitrogen and oxygen atoms in total. The quantitative estimate of drug-likeness (QED) is 0.707. The van der Waals surface area contributed by atoms with Gasteiger partial charge in [-0.25, -0.2) is 0 Å². The minimum Gasteiger partial charge on any atom is -0.464 e. The molecule has 2 saturated heterocycles. The first-order chi connectivity index (χ1) is 7.36. The lowest BCUT2D eigenvalue weighted by Crippen LogP contribution is -2.44. The molecule has 2 heterocycles. The highest BCUT2D eigenvalue weighted by Crippen LogP contribution is 2.14. The van der Waals surface area contributed by atoms with Crippen molar-refractivity contribution in [1.29, 1.82) is 0 Å². The Labute approximate surface area is 94.1 Å². The number of carbonyl (C=O) groups excluding carboxylic acids is 1. The average molecular weight is 231 g/mol. The molecule has 0 radical (unpaired) electrons. The van der Waals surface area contributed by atoms with E-state index in [1.54, 1.807) is 11.8 Å². The van der Waals surface area contributed by atoms with Crippen LogP contribution in [0.5, 0.6) is 0 Å². The van der Waals surface area contributed by atoms with Crippen LogP contribution in [-0.2, 0) is 14.3 Å². The highest BCUT2D eigenvalue weighted by Gasteiger charge is 2.24. The summed E-state index contributed by atoms with van der Waals surface area (Å²) >= 11 is 1.80. The van der Waals surface area contributed by atoms with E-state index in [1.807, 2.05) is 0 Å². The first kappa shape index (κ1) is 11.2. The highest BCUT2D eigenvalue weighted by molar-refractivity contribution is 7.99. The van der Waals surface area contributed by atoms with Crippen molar-refractivity contribution in [3.63, 3.8) is 0 Å². The predicted octanol–water partition coefficient (Wildman–Crippen LogP) is 0.271. The molecule has 2 unspecified atom stereocenters. The third kappa shape index (κ3) is 3.36. The fraction of sp³-hybridized carbons (Fsp3) is 0.900. The molecule has 86 valence electrons. The second kappa shape index (κ2) is 5.72. The number of carbonyl (C=O) groups is 1. The van der Waals surface area contributed by atoms with E-state index in [4.69, 9.17) is 9.47 Å². The Balaban J connectivity index is 1.66. The topological polar surface area (TPSA) is 47.6 Å². The molecule has 0 aromatic heterocycles. The van der Waals surface area contributed by atoms with Crippen LogP contribution in [0.3, 0.4) is 0 Å². The number of rotatable bonds is 3. The van der Waals surface area contributed by atoms with Gasteiger partial charge in [-0.3, -0.25) is 4.79 Å². The summed E-state index contributed by atoms with van der Waals surface area (Å²) in [6, 6.07) is -0.105. The van der Waals surface area contributed by atoms with Gasteiger partial charge in [-0.1, -0.05) is 0 Å². The Bertz CT molecular complexity index is 213. The van der Waals surface area contributed by atoms with E-state index in [-0.39, 0.29) is 12.0 Å². The second-order valence-electron chi connectivity index (χ2n) is 3.94. The summed E-state index contributed by atoms with van der Waals surface area (Å²) in [6.07, 6.45) is 1.01. The van der Waals surface area contributed by atoms with Crippen LogP contribution in [-0.4, -0.2) is 49.9 Å². The third-order valence-electron chi connectivity index (χ3n) is 2.69. The van der Waals surface area contributed by atoms with Crippen LogP contribution in [0.2, 0.25) is 0 Å². The van der Waals surface area contributed by atoms with E-state index in [2.05, 4.69) is 5.32 Å². The molecule has 15 heavy (non-hydrogen) atoms. The van der Waals surface area contributed by atoms with Crippen molar-refractivity contribution in [2.45, 2.75) is 12.5 Å². The lowest BCUT2D eigenvalue weighted by Gasteiger charge is -2.22. The van der Waals surface area contributed by atoms with Crippen LogP contribution >= 0.6 is 11.8 Å². The molecule has 0 aromatic carbocycles. The van der Waals surface area contributed by atoms with E-state index in [1.165, 1.54) is 0 Å². The fourth-order valence-corrected chi connectivity index (χ4v) is 2.65. The van der Waals surface area contributed by atoms with Crippen LogP contribution in [0.4, 0.5) is 0 Å². The van der Waals surface area contributed by atoms with Gasteiger partial charge in [-0.15, -0.1) is 0 Å². The first-order valence-electron chi connectivity index (χ1n) is 5.42. The van der Waals surface area contributed by atoms with Crippen molar-refractivity contribution in [3.8, 4) is 0 Å². The van der Waals surface area contributed by atoms with Crippen LogP contribution in [0.1, 0.15) is 6.42 Å². The van der Waals surface area contributed by atoms with Gasteiger partial charge in [0.25, 0.3) is 0 Å². The number of hydrogen-bond donors (Lipinski definition) is 1. The van der Waals surface area contributed by atoms with E-state index in [0.717, 1.165) is 37.7 Å². The molecule has 5 heteroatoms. The maximum absolute atomic E-state index is 11.6. The van der Waals surface area contributed by atoms with Gasteiger partial charge >= 0.3 is 5.97 Å². The van der Waals surface area contributed by atoms with Gasteiger partial charge in [0.15, 0.2) is 0 Å². The van der Waals surface area contributed by atoms with Gasteiger partial charge in [-0.2, -0.15) is 11.8 Å². The molecule has 0 spiro atoms. The number of esters is 1. The minimum absolute atomic E-state index is 0.103. The van der Waals surface area contributed by atoms with E-state index >= 15 is 0 Å². The van der Waals surface area contributed by atoms with Crippen LogP contribution in [0.25, 0.3) is 0 Å². The van der Waals surface area contributed by atoms with E-state index in [0.29, 0.717) is 12.5 Å². The summed E-state index contributed by atoms with van der Waals surface area (Å²) in [5.41, 5.74) is 0. The molecule has 2 fully saturated rings. The summed E-state index contributed by atoms with van der Waals surface area (Å²) in [7, 11) is 0. The lowest BCUT2D eigenvalue weighted by molar-refractivity contribution is -0.146. The molecular weight excluding hydrogens is 214 g/mol. The van der Waals surface area contributed by atoms with Crippen molar-refractivity contribution in [1.82, 2.24) is 5.32 Å². The standard InChI is InChI=1S/C10H17NO3S/c12-10(9-7-15-4-2-11-9)14-6-8-1-3-13-5-8/h8-9,11H,1-7H2. The highest BCUT2D eigenvalue weighted by atomic mass is 32.2. The number of ether oxygens (including phenoxy) is 2. The summed E-state index contributed by atoms with van der Waals surface area (Å²) in [5, 5.41) is 3.17. The van der Waals surface area contributed by atoms with Gasteiger partial charge in [-0.05, 0) is 6.42 Å². The van der Waals surface area contributed by atoms with Gasteiger partial charge < -0.3 is 14.8 Å². The zero-order valence-electron chi connectivity index (χ0n) is 8.74. The van der Waals surface area contributed by atoms with Crippen molar-refractivity contribution in [2.24, 2.45) is 5.92 Å². The molecule has 0 bridgehead atoms. The predicted molar refractivity (Wildman–Crippen MR) is 59.0 cm³/mol. The molecule has 2 aliphatic heterocycles. The Morgan fingerprint density at radius 1 is 1.60 bits per heavy atom. The molecule has 0 aliphatic carbocycles. The smallest absolute Gasteiger partial charge is 0.324 e. The van der Waals surface area contributed by atoms with Crippen LogP contribution in [0.15, 0.2) is 0 Å². The van der Waals surface area contributed by atoms with Crippen LogP contribution in [0, 0.1) is 5.92 Å². The SMILES string of the molecule is O=C(OCC1CCOC1)C1CSCCN1. The van der Waals surface area contributed by atoms with Crippen molar-refractivity contribution in [3.05, 3.63) is 0 Å². The number of thioether (sulfide) groups is 1. The fourth-order valence-electron chi connectivity index (χ4n) is 1.73. The maximum Gasteiger partial charge on any atom is 0.324 e. The zero-order chi connectivity index (χ0) is 10.5. The molecule has 2 atom stereocenters. The number of hydrogen-bond acceptors (Lipinski definition) is 5. The molecule has 0 amide bonds. The molecular formula is C10H17NO3S. The molecule has 1 N–H and O–H groups in total. The van der Waals surface area contributed by atoms with Crippen LogP contribution < -0.4 is 5.32 Å². The summed E-state index contributed by atoms with van der Waals surface area (Å²) in [6.45, 7) is 2.96. The van der Waals surface area contributed by atoms with Gasteiger partial charge in [0.1, 0.15) is 6.04 Å². The molecule has 0 saturated carbocycles. The van der Waals surface area contributed by atoms with E-state index in [9.17, 15) is 4.79 Å². The Morgan fingerprint density at radius 3 is 3.20 bits per heavy atom. The average Bonchev–Trinajstić information content (AvgIpc) is 2.80. The van der Waals surface area contributed by atoms with Crippen molar-refractivity contribution in [2.75, 3.05) is 37.9 Å². The maximum atomic E-state index is 11.6. The summed E-state index contributed by atoms with van der Waals surface area (Å²) in [4.78, 5) is 11.6. The van der Waals surface area contributed by atoms with Gasteiger partial charge in [0.2, 0.25) is 0 Å².